The molecule has 2 atom stereocenters. The van der Waals surface area contributed by atoms with Crippen molar-refractivity contribution in [1.82, 2.24) is 15.1 Å². The lowest BCUT2D eigenvalue weighted by Gasteiger charge is -2.23. The van der Waals surface area contributed by atoms with E-state index in [1.54, 1.807) is 0 Å². The van der Waals surface area contributed by atoms with Crippen LogP contribution >= 0.6 is 12.2 Å². The Kier molecular flexibility index (Phi) is 2.20. The van der Waals surface area contributed by atoms with E-state index in [2.05, 4.69) is 29.2 Å². The van der Waals surface area contributed by atoms with Gasteiger partial charge in [0.15, 0.2) is 5.11 Å². The summed E-state index contributed by atoms with van der Waals surface area (Å²) in [6, 6.07) is 0.816. The van der Waals surface area contributed by atoms with Crippen LogP contribution in [0.15, 0.2) is 0 Å². The minimum atomic E-state index is 0.816. The molecule has 2 aliphatic rings. The minimum Gasteiger partial charge on any atom is -0.366 e. The van der Waals surface area contributed by atoms with Gasteiger partial charge in [0.05, 0.1) is 0 Å². The van der Waals surface area contributed by atoms with Gasteiger partial charge in [0, 0.05) is 26.2 Å². The quantitative estimate of drug-likeness (QED) is 0.598. The molecular formula is C9H17N3S. The molecule has 2 rings (SSSR count). The Morgan fingerprint density at radius 3 is 2.31 bits per heavy atom. The lowest BCUT2D eigenvalue weighted by atomic mass is 10.4. The van der Waals surface area contributed by atoms with Crippen LogP contribution < -0.4 is 5.32 Å². The molecule has 1 aliphatic heterocycles. The van der Waals surface area contributed by atoms with Crippen LogP contribution in [0.25, 0.3) is 0 Å². The maximum atomic E-state index is 5.19. The molecule has 1 saturated carbocycles. The van der Waals surface area contributed by atoms with Gasteiger partial charge >= 0.3 is 0 Å². The third-order valence-corrected chi connectivity index (χ3v) is 3.71. The minimum absolute atomic E-state index is 0.816. The summed E-state index contributed by atoms with van der Waals surface area (Å²) in [5.41, 5.74) is 0. The van der Waals surface area contributed by atoms with Crippen molar-refractivity contribution in [1.29, 1.82) is 0 Å². The van der Waals surface area contributed by atoms with Gasteiger partial charge in [-0.1, -0.05) is 0 Å². The average molecular weight is 199 g/mol. The highest BCUT2D eigenvalue weighted by molar-refractivity contribution is 7.80. The molecule has 1 N–H and O–H groups in total. The first-order chi connectivity index (χ1) is 6.15. The van der Waals surface area contributed by atoms with E-state index in [1.807, 2.05) is 7.05 Å². The predicted molar refractivity (Wildman–Crippen MR) is 57.7 cm³/mol. The van der Waals surface area contributed by atoms with E-state index in [1.165, 1.54) is 0 Å². The number of piperidine rings is 1. The lowest BCUT2D eigenvalue weighted by Crippen LogP contribution is -2.40. The molecule has 0 radical (unpaired) electrons. The fourth-order valence-corrected chi connectivity index (χ4v) is 2.73. The number of hydrogen-bond acceptors (Lipinski definition) is 2. The van der Waals surface area contributed by atoms with E-state index in [-0.39, 0.29) is 0 Å². The standard InChI is InChI=1S/C9H17N3S/c1-10-9(13)12-4-6-7(5-12)8(6)11(2)3/h6-8H,4-5H2,1-3H3,(H,10,13). The van der Waals surface area contributed by atoms with E-state index in [0.717, 1.165) is 36.1 Å². The third-order valence-electron chi connectivity index (χ3n) is 3.25. The van der Waals surface area contributed by atoms with Crippen molar-refractivity contribution in [2.75, 3.05) is 34.2 Å². The molecule has 0 aromatic rings. The van der Waals surface area contributed by atoms with E-state index in [0.29, 0.717) is 0 Å². The molecule has 0 bridgehead atoms. The molecule has 13 heavy (non-hydrogen) atoms. The number of rotatable bonds is 1. The lowest BCUT2D eigenvalue weighted by molar-refractivity contribution is 0.311. The first-order valence-corrected chi connectivity index (χ1v) is 5.19. The molecule has 0 amide bonds. The van der Waals surface area contributed by atoms with E-state index in [4.69, 9.17) is 12.2 Å². The van der Waals surface area contributed by atoms with Crippen molar-refractivity contribution in [3.05, 3.63) is 0 Å². The molecule has 4 heteroatoms. The Balaban J connectivity index is 1.86. The number of thiocarbonyl (C=S) groups is 1. The maximum Gasteiger partial charge on any atom is 0.168 e. The van der Waals surface area contributed by atoms with Crippen molar-refractivity contribution in [3.8, 4) is 0 Å². The largest absolute Gasteiger partial charge is 0.366 e. The van der Waals surface area contributed by atoms with Crippen LogP contribution in [-0.2, 0) is 0 Å². The zero-order chi connectivity index (χ0) is 9.59. The van der Waals surface area contributed by atoms with Gasteiger partial charge in [-0.15, -0.1) is 0 Å². The van der Waals surface area contributed by atoms with Crippen molar-refractivity contribution >= 4 is 17.3 Å². The summed E-state index contributed by atoms with van der Waals surface area (Å²) in [5.74, 6) is 1.72. The van der Waals surface area contributed by atoms with E-state index >= 15 is 0 Å². The monoisotopic (exact) mass is 199 g/mol. The Morgan fingerprint density at radius 2 is 1.92 bits per heavy atom. The van der Waals surface area contributed by atoms with Crippen molar-refractivity contribution < 1.29 is 0 Å². The van der Waals surface area contributed by atoms with Crippen molar-refractivity contribution in [2.24, 2.45) is 11.8 Å². The van der Waals surface area contributed by atoms with Gasteiger partial charge < -0.3 is 15.1 Å². The summed E-state index contributed by atoms with van der Waals surface area (Å²) in [6.07, 6.45) is 0. The second kappa shape index (κ2) is 3.10. The summed E-state index contributed by atoms with van der Waals surface area (Å²) in [7, 11) is 6.24. The van der Waals surface area contributed by atoms with Crippen LogP contribution in [0.3, 0.4) is 0 Å². The van der Waals surface area contributed by atoms with E-state index in [9.17, 15) is 0 Å². The molecule has 3 nitrogen and oxygen atoms in total. The summed E-state index contributed by atoms with van der Waals surface area (Å²) in [6.45, 7) is 2.29. The highest BCUT2D eigenvalue weighted by Gasteiger charge is 2.57. The normalized spacial score (nSPS) is 36.3. The van der Waals surface area contributed by atoms with E-state index < -0.39 is 0 Å². The van der Waals surface area contributed by atoms with Gasteiger partial charge in [0.2, 0.25) is 0 Å². The molecule has 1 saturated heterocycles. The Hall–Kier alpha value is -0.350. The topological polar surface area (TPSA) is 18.5 Å². The molecule has 74 valence electrons. The van der Waals surface area contributed by atoms with Gasteiger partial charge in [-0.3, -0.25) is 0 Å². The summed E-state index contributed by atoms with van der Waals surface area (Å²) in [4.78, 5) is 4.62. The average Bonchev–Trinajstić information content (AvgIpc) is 2.62. The zero-order valence-electron chi connectivity index (χ0n) is 8.45. The van der Waals surface area contributed by atoms with Crippen LogP contribution in [0.5, 0.6) is 0 Å². The third kappa shape index (κ3) is 1.42. The number of fused-ring (bicyclic) bond motifs is 1. The fraction of sp³-hybridized carbons (Fsp3) is 0.889. The maximum absolute atomic E-state index is 5.19. The summed E-state index contributed by atoms with van der Waals surface area (Å²) >= 11 is 5.19. The summed E-state index contributed by atoms with van der Waals surface area (Å²) in [5, 5.41) is 3.94. The number of likely N-dealkylation sites (tertiary alicyclic amines) is 1. The summed E-state index contributed by atoms with van der Waals surface area (Å²) < 4.78 is 0. The van der Waals surface area contributed by atoms with Gasteiger partial charge in [-0.2, -0.15) is 0 Å². The van der Waals surface area contributed by atoms with Gasteiger partial charge in [0.25, 0.3) is 0 Å². The zero-order valence-corrected chi connectivity index (χ0v) is 9.27. The number of nitrogens with one attached hydrogen (secondary N) is 1. The van der Waals surface area contributed by atoms with Gasteiger partial charge in [-0.25, -0.2) is 0 Å². The molecule has 2 fully saturated rings. The SMILES string of the molecule is CNC(=S)N1CC2C(C1)C2N(C)C. The Labute approximate surface area is 85.1 Å². The predicted octanol–water partition coefficient (Wildman–Crippen LogP) is -0.0175. The second-order valence-corrected chi connectivity index (χ2v) is 4.63. The molecule has 1 aliphatic carbocycles. The van der Waals surface area contributed by atoms with Gasteiger partial charge in [0.1, 0.15) is 0 Å². The fourth-order valence-electron chi connectivity index (χ4n) is 2.58. The smallest absolute Gasteiger partial charge is 0.168 e. The molecule has 0 aromatic carbocycles. The van der Waals surface area contributed by atoms with Crippen molar-refractivity contribution in [2.45, 2.75) is 6.04 Å². The molecule has 0 spiro atoms. The van der Waals surface area contributed by atoms with Crippen molar-refractivity contribution in [3.63, 3.8) is 0 Å². The highest BCUT2D eigenvalue weighted by Crippen LogP contribution is 2.47. The second-order valence-electron chi connectivity index (χ2n) is 4.24. The van der Waals surface area contributed by atoms with Crippen LogP contribution in [0.4, 0.5) is 0 Å². The molecule has 2 unspecified atom stereocenters. The molecule has 1 heterocycles. The van der Waals surface area contributed by atoms with Crippen LogP contribution in [-0.4, -0.2) is 55.2 Å². The Bertz CT molecular complexity index is 217. The van der Waals surface area contributed by atoms with Crippen LogP contribution in [0.2, 0.25) is 0 Å². The first kappa shape index (κ1) is 9.21. The Morgan fingerprint density at radius 1 is 1.38 bits per heavy atom. The molecular weight excluding hydrogens is 182 g/mol. The van der Waals surface area contributed by atoms with Crippen LogP contribution in [0.1, 0.15) is 0 Å². The number of nitrogens with zero attached hydrogens (tertiary/aromatic N) is 2. The molecule has 0 aromatic heterocycles. The highest BCUT2D eigenvalue weighted by atomic mass is 32.1. The van der Waals surface area contributed by atoms with Crippen LogP contribution in [0, 0.1) is 11.8 Å². The van der Waals surface area contributed by atoms with Gasteiger partial charge in [-0.05, 0) is 38.1 Å². The number of hydrogen-bond donors (Lipinski definition) is 1. The first-order valence-electron chi connectivity index (χ1n) is 4.78.